The number of benzene rings is 1. The van der Waals surface area contributed by atoms with Gasteiger partial charge in [-0.05, 0) is 11.6 Å². The molecule has 21 heavy (non-hydrogen) atoms. The second-order valence-corrected chi connectivity index (χ2v) is 5.62. The van der Waals surface area contributed by atoms with Crippen LogP contribution in [0, 0.1) is 0 Å². The van der Waals surface area contributed by atoms with Gasteiger partial charge in [0, 0.05) is 44.3 Å². The van der Waals surface area contributed by atoms with Crippen LogP contribution in [0.15, 0.2) is 24.3 Å². The van der Waals surface area contributed by atoms with Crippen molar-refractivity contribution in [3.63, 3.8) is 0 Å². The number of hydrogen-bond donors (Lipinski definition) is 2. The minimum atomic E-state index is 0.0190. The fourth-order valence-electron chi connectivity index (χ4n) is 2.41. The summed E-state index contributed by atoms with van der Waals surface area (Å²) in [6, 6.07) is 7.52. The van der Waals surface area contributed by atoms with Gasteiger partial charge in [-0.1, -0.05) is 29.8 Å². The number of aliphatic hydroxyl groups is 1. The van der Waals surface area contributed by atoms with Crippen LogP contribution >= 0.6 is 11.6 Å². The monoisotopic (exact) mass is 311 g/mol. The molecule has 1 aliphatic rings. The Morgan fingerprint density at radius 3 is 2.52 bits per heavy atom. The van der Waals surface area contributed by atoms with Crippen LogP contribution in [-0.2, 0) is 11.3 Å². The molecule has 5 nitrogen and oxygen atoms in total. The number of β-amino-alcohol motifs (C(OH)–C–C–N with tert-alkyl or cyclic N) is 1. The maximum atomic E-state index is 12.0. The van der Waals surface area contributed by atoms with Crippen molar-refractivity contribution in [1.29, 1.82) is 0 Å². The summed E-state index contributed by atoms with van der Waals surface area (Å²) >= 11 is 6.06. The zero-order valence-electron chi connectivity index (χ0n) is 12.1. The fraction of sp³-hybridized carbons (Fsp3) is 0.533. The molecular formula is C15H22ClN3O2. The van der Waals surface area contributed by atoms with Crippen LogP contribution in [0.1, 0.15) is 5.56 Å². The van der Waals surface area contributed by atoms with E-state index in [4.69, 9.17) is 16.7 Å². The first-order valence-corrected chi connectivity index (χ1v) is 7.62. The van der Waals surface area contributed by atoms with Crippen molar-refractivity contribution in [2.75, 3.05) is 45.9 Å². The topological polar surface area (TPSA) is 55.8 Å². The van der Waals surface area contributed by atoms with E-state index >= 15 is 0 Å². The molecule has 0 aliphatic carbocycles. The molecule has 1 saturated heterocycles. The molecule has 0 bridgehead atoms. The SMILES string of the molecule is O=C(CN1CCN(CCO)CC1)NCc1ccccc1Cl. The van der Waals surface area contributed by atoms with Crippen molar-refractivity contribution >= 4 is 17.5 Å². The number of piperazine rings is 1. The number of nitrogens with zero attached hydrogens (tertiary/aromatic N) is 2. The average Bonchev–Trinajstić information content (AvgIpc) is 2.49. The molecule has 0 spiro atoms. The van der Waals surface area contributed by atoms with E-state index in [-0.39, 0.29) is 12.5 Å². The lowest BCUT2D eigenvalue weighted by atomic mass is 10.2. The van der Waals surface area contributed by atoms with Crippen molar-refractivity contribution in [2.24, 2.45) is 0 Å². The molecule has 0 aromatic heterocycles. The molecule has 1 aromatic carbocycles. The first kappa shape index (κ1) is 16.2. The maximum absolute atomic E-state index is 12.0. The molecule has 2 N–H and O–H groups in total. The van der Waals surface area contributed by atoms with E-state index in [2.05, 4.69) is 15.1 Å². The quantitative estimate of drug-likeness (QED) is 0.806. The van der Waals surface area contributed by atoms with Gasteiger partial charge in [-0.25, -0.2) is 0 Å². The lowest BCUT2D eigenvalue weighted by molar-refractivity contribution is -0.122. The second-order valence-electron chi connectivity index (χ2n) is 5.21. The van der Waals surface area contributed by atoms with Crippen LogP contribution < -0.4 is 5.32 Å². The van der Waals surface area contributed by atoms with Crippen molar-refractivity contribution in [3.05, 3.63) is 34.9 Å². The minimum Gasteiger partial charge on any atom is -0.395 e. The van der Waals surface area contributed by atoms with Crippen molar-refractivity contribution < 1.29 is 9.90 Å². The molecule has 0 saturated carbocycles. The van der Waals surface area contributed by atoms with E-state index in [1.807, 2.05) is 24.3 Å². The van der Waals surface area contributed by atoms with Gasteiger partial charge in [-0.15, -0.1) is 0 Å². The number of rotatable bonds is 6. The van der Waals surface area contributed by atoms with E-state index in [1.54, 1.807) is 0 Å². The molecule has 2 rings (SSSR count). The summed E-state index contributed by atoms with van der Waals surface area (Å²) in [4.78, 5) is 16.3. The Morgan fingerprint density at radius 1 is 1.19 bits per heavy atom. The first-order chi connectivity index (χ1) is 10.2. The van der Waals surface area contributed by atoms with E-state index in [9.17, 15) is 4.79 Å². The molecule has 0 radical (unpaired) electrons. The Kier molecular flexibility index (Phi) is 6.45. The molecule has 0 atom stereocenters. The molecule has 1 aliphatic heterocycles. The third-order valence-corrected chi connectivity index (χ3v) is 4.05. The van der Waals surface area contributed by atoms with Gasteiger partial charge in [-0.3, -0.25) is 14.6 Å². The molecule has 1 aromatic rings. The molecule has 116 valence electrons. The highest BCUT2D eigenvalue weighted by molar-refractivity contribution is 6.31. The smallest absolute Gasteiger partial charge is 0.234 e. The van der Waals surface area contributed by atoms with Gasteiger partial charge < -0.3 is 10.4 Å². The molecule has 1 heterocycles. The number of aliphatic hydroxyl groups excluding tert-OH is 1. The number of carbonyl (C=O) groups is 1. The van der Waals surface area contributed by atoms with Gasteiger partial charge in [0.1, 0.15) is 0 Å². The number of halogens is 1. The van der Waals surface area contributed by atoms with Crippen LogP contribution in [-0.4, -0.2) is 66.7 Å². The zero-order valence-corrected chi connectivity index (χ0v) is 12.9. The summed E-state index contributed by atoms with van der Waals surface area (Å²) in [6.45, 7) is 5.31. The average molecular weight is 312 g/mol. The van der Waals surface area contributed by atoms with E-state index in [0.717, 1.165) is 31.7 Å². The highest BCUT2D eigenvalue weighted by Crippen LogP contribution is 2.14. The molecule has 1 amide bonds. The minimum absolute atomic E-state index is 0.0190. The van der Waals surface area contributed by atoms with Crippen molar-refractivity contribution in [3.8, 4) is 0 Å². The summed E-state index contributed by atoms with van der Waals surface area (Å²) in [7, 11) is 0. The normalized spacial score (nSPS) is 16.9. The molecule has 0 unspecified atom stereocenters. The Balaban J connectivity index is 1.70. The number of hydrogen-bond acceptors (Lipinski definition) is 4. The zero-order chi connectivity index (χ0) is 15.1. The predicted molar refractivity (Wildman–Crippen MR) is 83.3 cm³/mol. The van der Waals surface area contributed by atoms with E-state index < -0.39 is 0 Å². The van der Waals surface area contributed by atoms with Gasteiger partial charge in [0.25, 0.3) is 0 Å². The summed E-state index contributed by atoms with van der Waals surface area (Å²) in [5.74, 6) is 0.0190. The number of nitrogens with one attached hydrogen (secondary N) is 1. The third kappa shape index (κ3) is 5.28. The van der Waals surface area contributed by atoms with Crippen LogP contribution in [0.3, 0.4) is 0 Å². The Labute approximate surface area is 130 Å². The van der Waals surface area contributed by atoms with Crippen LogP contribution in [0.4, 0.5) is 0 Å². The van der Waals surface area contributed by atoms with Gasteiger partial charge in [0.15, 0.2) is 0 Å². The van der Waals surface area contributed by atoms with Crippen molar-refractivity contribution in [1.82, 2.24) is 15.1 Å². The Bertz CT molecular complexity index is 462. The highest BCUT2D eigenvalue weighted by Gasteiger charge is 2.18. The number of amides is 1. The molecule has 6 heteroatoms. The second kappa shape index (κ2) is 8.34. The standard InChI is InChI=1S/C15H22ClN3O2/c16-14-4-2-1-3-13(14)11-17-15(21)12-19-7-5-18(6-8-19)9-10-20/h1-4,20H,5-12H2,(H,17,21). The van der Waals surface area contributed by atoms with E-state index in [0.29, 0.717) is 24.7 Å². The van der Waals surface area contributed by atoms with Gasteiger partial charge >= 0.3 is 0 Å². The summed E-state index contributed by atoms with van der Waals surface area (Å²) in [5.41, 5.74) is 0.931. The third-order valence-electron chi connectivity index (χ3n) is 3.68. The summed E-state index contributed by atoms with van der Waals surface area (Å²) in [5, 5.41) is 12.5. The summed E-state index contributed by atoms with van der Waals surface area (Å²) < 4.78 is 0. The summed E-state index contributed by atoms with van der Waals surface area (Å²) in [6.07, 6.45) is 0. The van der Waals surface area contributed by atoms with Gasteiger partial charge in [-0.2, -0.15) is 0 Å². The first-order valence-electron chi connectivity index (χ1n) is 7.24. The molecular weight excluding hydrogens is 290 g/mol. The van der Waals surface area contributed by atoms with Crippen LogP contribution in [0.5, 0.6) is 0 Å². The Morgan fingerprint density at radius 2 is 1.86 bits per heavy atom. The number of carbonyl (C=O) groups excluding carboxylic acids is 1. The van der Waals surface area contributed by atoms with Crippen LogP contribution in [0.25, 0.3) is 0 Å². The van der Waals surface area contributed by atoms with Crippen molar-refractivity contribution in [2.45, 2.75) is 6.54 Å². The molecule has 1 fully saturated rings. The predicted octanol–water partition coefficient (Wildman–Crippen LogP) is 0.566. The lowest BCUT2D eigenvalue weighted by Gasteiger charge is -2.33. The van der Waals surface area contributed by atoms with Crippen LogP contribution in [0.2, 0.25) is 5.02 Å². The van der Waals surface area contributed by atoms with Gasteiger partial charge in [0.2, 0.25) is 5.91 Å². The maximum Gasteiger partial charge on any atom is 0.234 e. The van der Waals surface area contributed by atoms with E-state index in [1.165, 1.54) is 0 Å². The van der Waals surface area contributed by atoms with Gasteiger partial charge in [0.05, 0.1) is 13.2 Å². The largest absolute Gasteiger partial charge is 0.395 e. The lowest BCUT2D eigenvalue weighted by Crippen LogP contribution is -2.49. The highest BCUT2D eigenvalue weighted by atomic mass is 35.5. The Hall–Kier alpha value is -1.14. The fourth-order valence-corrected chi connectivity index (χ4v) is 2.61.